The van der Waals surface area contributed by atoms with Crippen LogP contribution in [-0.4, -0.2) is 30.3 Å². The molecule has 0 bridgehead atoms. The van der Waals surface area contributed by atoms with Crippen LogP contribution in [0, 0.1) is 0 Å². The van der Waals surface area contributed by atoms with Crippen LogP contribution in [0.3, 0.4) is 0 Å². The number of carbonyl (C=O) groups is 2. The number of carbonyl (C=O) groups excluding carboxylic acids is 2. The molecule has 0 aromatic carbocycles. The summed E-state index contributed by atoms with van der Waals surface area (Å²) < 4.78 is 0. The lowest BCUT2D eigenvalue weighted by Gasteiger charge is -2.25. The molecule has 0 rings (SSSR count). The van der Waals surface area contributed by atoms with Crippen LogP contribution in [0.15, 0.2) is 0 Å². The highest BCUT2D eigenvalue weighted by Crippen LogP contribution is 2.17. The molecule has 0 aromatic heterocycles. The fraction of sp³-hybridized carbons (Fsp3) is 0.949. The van der Waals surface area contributed by atoms with Gasteiger partial charge in [0.1, 0.15) is 0 Å². The SMILES string of the molecule is CCCCCCCCCCCCCCCCCC(=O)O[N+](C)(CC)OC(=O)CCCCCCCCCCCCCCCCC. The highest BCUT2D eigenvalue weighted by molar-refractivity contribution is 5.69. The van der Waals surface area contributed by atoms with E-state index in [0.717, 1.165) is 25.7 Å². The van der Waals surface area contributed by atoms with Crippen LogP contribution in [0.2, 0.25) is 0 Å². The van der Waals surface area contributed by atoms with Crippen LogP contribution < -0.4 is 0 Å². The van der Waals surface area contributed by atoms with Gasteiger partial charge in [-0.05, 0) is 19.8 Å². The van der Waals surface area contributed by atoms with Gasteiger partial charge in [-0.15, -0.1) is 0 Å². The van der Waals surface area contributed by atoms with Crippen molar-refractivity contribution >= 4 is 11.9 Å². The molecular weight excluding hydrogens is 546 g/mol. The Bertz CT molecular complexity index is 575. The van der Waals surface area contributed by atoms with Crippen molar-refractivity contribution in [1.29, 1.82) is 0 Å². The van der Waals surface area contributed by atoms with Crippen molar-refractivity contribution in [3.05, 3.63) is 0 Å². The number of nitrogens with zero attached hydrogens (tertiary/aromatic N) is 1. The van der Waals surface area contributed by atoms with Crippen LogP contribution in [0.1, 0.15) is 226 Å². The maximum absolute atomic E-state index is 12.4. The molecule has 262 valence electrons. The van der Waals surface area contributed by atoms with E-state index in [1.54, 1.807) is 7.05 Å². The van der Waals surface area contributed by atoms with Gasteiger partial charge in [-0.2, -0.15) is 0 Å². The summed E-state index contributed by atoms with van der Waals surface area (Å²) in [6.07, 6.45) is 39.8. The summed E-state index contributed by atoms with van der Waals surface area (Å²) in [5.74, 6) is -0.548. The van der Waals surface area contributed by atoms with Gasteiger partial charge in [0.15, 0.2) is 13.6 Å². The first-order valence-electron chi connectivity index (χ1n) is 19.8. The monoisotopic (exact) mass is 625 g/mol. The Morgan fingerprint density at radius 2 is 0.568 bits per heavy atom. The zero-order valence-electron chi connectivity index (χ0n) is 30.4. The average Bonchev–Trinajstić information content (AvgIpc) is 3.01. The van der Waals surface area contributed by atoms with Crippen molar-refractivity contribution in [3.63, 3.8) is 0 Å². The van der Waals surface area contributed by atoms with Gasteiger partial charge >= 0.3 is 11.9 Å². The van der Waals surface area contributed by atoms with Crippen LogP contribution in [0.25, 0.3) is 0 Å². The van der Waals surface area contributed by atoms with E-state index in [4.69, 9.17) is 9.68 Å². The van der Waals surface area contributed by atoms with Crippen molar-refractivity contribution < 1.29 is 24.1 Å². The van der Waals surface area contributed by atoms with Crippen molar-refractivity contribution in [3.8, 4) is 0 Å². The first-order valence-corrected chi connectivity index (χ1v) is 19.8. The van der Waals surface area contributed by atoms with E-state index < -0.39 is 4.81 Å². The molecule has 0 amide bonds. The van der Waals surface area contributed by atoms with Crippen LogP contribution in [0.5, 0.6) is 0 Å². The number of hydrogen-bond donors (Lipinski definition) is 0. The minimum absolute atomic E-state index is 0.274. The summed E-state index contributed by atoms with van der Waals surface area (Å²) >= 11 is 0. The van der Waals surface area contributed by atoms with Crippen molar-refractivity contribution in [2.24, 2.45) is 0 Å². The van der Waals surface area contributed by atoms with Crippen LogP contribution >= 0.6 is 0 Å². The first-order chi connectivity index (χ1) is 21.5. The zero-order valence-corrected chi connectivity index (χ0v) is 30.4. The van der Waals surface area contributed by atoms with Gasteiger partial charge in [-0.25, -0.2) is 19.3 Å². The predicted octanol–water partition coefficient (Wildman–Crippen LogP) is 12.9. The van der Waals surface area contributed by atoms with Gasteiger partial charge in [0.25, 0.3) is 0 Å². The molecule has 0 radical (unpaired) electrons. The summed E-state index contributed by atoms with van der Waals surface area (Å²) in [6, 6.07) is 0. The Morgan fingerprint density at radius 1 is 0.364 bits per heavy atom. The van der Waals surface area contributed by atoms with Gasteiger partial charge in [0, 0.05) is 4.81 Å². The third-order valence-electron chi connectivity index (χ3n) is 9.13. The molecule has 0 aliphatic carbocycles. The molecule has 0 N–H and O–H groups in total. The van der Waals surface area contributed by atoms with E-state index in [0.29, 0.717) is 19.4 Å². The molecule has 0 saturated heterocycles. The fourth-order valence-corrected chi connectivity index (χ4v) is 5.95. The predicted molar refractivity (Wildman–Crippen MR) is 188 cm³/mol. The minimum atomic E-state index is -0.408. The van der Waals surface area contributed by atoms with E-state index in [-0.39, 0.29) is 11.9 Å². The van der Waals surface area contributed by atoms with Crippen LogP contribution in [0.4, 0.5) is 0 Å². The fourth-order valence-electron chi connectivity index (χ4n) is 5.95. The first kappa shape index (κ1) is 42.9. The summed E-state index contributed by atoms with van der Waals surface area (Å²) in [5, 5.41) is 0. The van der Waals surface area contributed by atoms with Crippen molar-refractivity contribution in [2.75, 3.05) is 13.6 Å². The minimum Gasteiger partial charge on any atom is -0.245 e. The lowest BCUT2D eigenvalue weighted by Crippen LogP contribution is -2.47. The third kappa shape index (κ3) is 30.9. The number of quaternary nitrogens is 1. The second-order valence-electron chi connectivity index (χ2n) is 13.7. The van der Waals surface area contributed by atoms with E-state index >= 15 is 0 Å². The van der Waals surface area contributed by atoms with Crippen molar-refractivity contribution in [2.45, 2.75) is 226 Å². The number of rotatable bonds is 35. The largest absolute Gasteiger partial charge is 0.372 e. The van der Waals surface area contributed by atoms with Crippen molar-refractivity contribution in [1.82, 2.24) is 0 Å². The molecular formula is C39H78NO4+. The lowest BCUT2D eigenvalue weighted by atomic mass is 10.0. The maximum atomic E-state index is 12.4. The lowest BCUT2D eigenvalue weighted by molar-refractivity contribution is -1.21. The highest BCUT2D eigenvalue weighted by atomic mass is 17.0. The van der Waals surface area contributed by atoms with Gasteiger partial charge < -0.3 is 0 Å². The molecule has 0 heterocycles. The van der Waals surface area contributed by atoms with Gasteiger partial charge in [0.05, 0.1) is 12.8 Å². The topological polar surface area (TPSA) is 52.6 Å². The zero-order chi connectivity index (χ0) is 32.4. The smallest absolute Gasteiger partial charge is 0.245 e. The summed E-state index contributed by atoms with van der Waals surface area (Å²) in [4.78, 5) is 35.5. The number of hydroxylamine groups is 4. The molecule has 0 spiro atoms. The highest BCUT2D eigenvalue weighted by Gasteiger charge is 2.31. The number of hydrogen-bond acceptors (Lipinski definition) is 4. The normalized spacial score (nSPS) is 11.6. The van der Waals surface area contributed by atoms with E-state index in [2.05, 4.69) is 13.8 Å². The van der Waals surface area contributed by atoms with E-state index in [9.17, 15) is 9.59 Å². The Labute approximate surface area is 275 Å². The van der Waals surface area contributed by atoms with E-state index in [1.807, 2.05) is 6.92 Å². The third-order valence-corrected chi connectivity index (χ3v) is 9.13. The molecule has 0 atom stereocenters. The second kappa shape index (κ2) is 33.3. The molecule has 0 saturated carbocycles. The molecule has 0 aliphatic rings. The summed E-state index contributed by atoms with van der Waals surface area (Å²) in [5.41, 5.74) is 0. The maximum Gasteiger partial charge on any atom is 0.372 e. The van der Waals surface area contributed by atoms with Gasteiger partial charge in [-0.3, -0.25) is 0 Å². The average molecular weight is 625 g/mol. The Kier molecular flexibility index (Phi) is 32.4. The van der Waals surface area contributed by atoms with E-state index in [1.165, 1.54) is 167 Å². The molecule has 0 aromatic rings. The summed E-state index contributed by atoms with van der Waals surface area (Å²) in [6.45, 7) is 6.84. The Balaban J connectivity index is 3.64. The Morgan fingerprint density at radius 3 is 0.773 bits per heavy atom. The van der Waals surface area contributed by atoms with Gasteiger partial charge in [0.2, 0.25) is 0 Å². The standard InChI is InChI=1S/C39H78NO4/c1-5-8-10-12-14-16-18-20-22-24-26-28-30-32-34-36-38(41)43-40(4,7-3)44-39(42)37-35-33-31-29-27-25-23-21-19-17-15-13-11-9-6-2/h5-37H2,1-4H3/q+1. The molecule has 5 heteroatoms. The second-order valence-corrected chi connectivity index (χ2v) is 13.7. The Hall–Kier alpha value is -1.10. The molecule has 0 unspecified atom stereocenters. The quantitative estimate of drug-likeness (QED) is 0.0400. The number of unbranched alkanes of at least 4 members (excludes halogenated alkanes) is 28. The molecule has 5 nitrogen and oxygen atoms in total. The molecule has 0 fully saturated rings. The summed E-state index contributed by atoms with van der Waals surface area (Å²) in [7, 11) is 1.66. The van der Waals surface area contributed by atoms with Crippen LogP contribution in [-0.2, 0) is 19.3 Å². The van der Waals surface area contributed by atoms with Gasteiger partial charge in [-0.1, -0.05) is 194 Å². The molecule has 44 heavy (non-hydrogen) atoms. The molecule has 0 aliphatic heterocycles.